The van der Waals surface area contributed by atoms with Crippen LogP contribution in [0.1, 0.15) is 30.4 Å². The van der Waals surface area contributed by atoms with Crippen molar-refractivity contribution in [1.82, 2.24) is 25.1 Å². The number of nitrogens with zero attached hydrogens (tertiary/aromatic N) is 4. The standard InChI is InChI=1S/C24H24N6O2/c1-29-22(24-26-18-10-15-12-25-13-16(15)11-19(18)27-24)23(32)21(28-29)14-5-7-17(8-6-14)30-9-3-2-4-20(30)31/h5-8,10-11,25,32H,2-4,9,12-13H2,1H3,(H,26,27). The molecule has 4 heterocycles. The van der Waals surface area contributed by atoms with E-state index in [1.165, 1.54) is 11.1 Å². The summed E-state index contributed by atoms with van der Waals surface area (Å²) in [6, 6.07) is 11.9. The molecule has 3 N–H and O–H groups in total. The van der Waals surface area contributed by atoms with E-state index < -0.39 is 0 Å². The Labute approximate surface area is 184 Å². The van der Waals surface area contributed by atoms with Crippen LogP contribution in [0.25, 0.3) is 33.8 Å². The number of aryl methyl sites for hydroxylation is 1. The van der Waals surface area contributed by atoms with Crippen molar-refractivity contribution in [3.05, 3.63) is 47.5 Å². The molecular formula is C24H24N6O2. The smallest absolute Gasteiger partial charge is 0.226 e. The van der Waals surface area contributed by atoms with Crippen LogP contribution in [0.3, 0.4) is 0 Å². The second kappa shape index (κ2) is 7.20. The molecule has 32 heavy (non-hydrogen) atoms. The molecule has 0 unspecified atom stereocenters. The molecule has 8 heteroatoms. The number of benzene rings is 2. The van der Waals surface area contributed by atoms with Crippen molar-refractivity contribution in [2.75, 3.05) is 11.4 Å². The molecule has 2 aliphatic rings. The average molecular weight is 428 g/mol. The maximum absolute atomic E-state index is 12.2. The first kappa shape index (κ1) is 19.1. The first-order valence-electron chi connectivity index (χ1n) is 11.0. The molecule has 1 amide bonds. The number of anilines is 1. The van der Waals surface area contributed by atoms with Crippen LogP contribution in [0.2, 0.25) is 0 Å². The van der Waals surface area contributed by atoms with Gasteiger partial charge in [0.2, 0.25) is 5.91 Å². The summed E-state index contributed by atoms with van der Waals surface area (Å²) >= 11 is 0. The highest BCUT2D eigenvalue weighted by atomic mass is 16.3. The molecule has 0 atom stereocenters. The molecule has 2 aromatic carbocycles. The van der Waals surface area contributed by atoms with Gasteiger partial charge >= 0.3 is 0 Å². The lowest BCUT2D eigenvalue weighted by Crippen LogP contribution is -2.35. The third-order valence-corrected chi connectivity index (χ3v) is 6.46. The lowest BCUT2D eigenvalue weighted by Gasteiger charge is -2.26. The van der Waals surface area contributed by atoms with E-state index in [1.807, 2.05) is 29.2 Å². The Morgan fingerprint density at radius 3 is 2.62 bits per heavy atom. The first-order chi connectivity index (χ1) is 15.6. The number of amides is 1. The maximum atomic E-state index is 12.2. The zero-order valence-electron chi connectivity index (χ0n) is 17.9. The summed E-state index contributed by atoms with van der Waals surface area (Å²) < 4.78 is 1.65. The summed E-state index contributed by atoms with van der Waals surface area (Å²) in [5, 5.41) is 19.0. The molecule has 162 valence electrons. The van der Waals surface area contributed by atoms with Crippen molar-refractivity contribution in [2.24, 2.45) is 7.05 Å². The number of rotatable bonds is 3. The fourth-order valence-corrected chi connectivity index (χ4v) is 4.77. The Kier molecular flexibility index (Phi) is 4.29. The number of imidazole rings is 1. The van der Waals surface area contributed by atoms with Crippen LogP contribution in [0, 0.1) is 0 Å². The number of aromatic nitrogens is 4. The lowest BCUT2D eigenvalue weighted by atomic mass is 10.1. The summed E-state index contributed by atoms with van der Waals surface area (Å²) in [5.41, 5.74) is 7.07. The second-order valence-corrected chi connectivity index (χ2v) is 8.55. The van der Waals surface area contributed by atoms with Crippen LogP contribution in [0.15, 0.2) is 36.4 Å². The van der Waals surface area contributed by atoms with Gasteiger partial charge in [-0.05, 0) is 48.2 Å². The number of carbonyl (C=O) groups excluding carboxylic acids is 1. The van der Waals surface area contributed by atoms with Gasteiger partial charge in [-0.3, -0.25) is 9.48 Å². The molecule has 1 saturated heterocycles. The first-order valence-corrected chi connectivity index (χ1v) is 11.0. The van der Waals surface area contributed by atoms with Crippen molar-refractivity contribution in [3.63, 3.8) is 0 Å². The highest BCUT2D eigenvalue weighted by molar-refractivity contribution is 5.94. The topological polar surface area (TPSA) is 99.1 Å². The number of carbonyl (C=O) groups is 1. The molecule has 0 radical (unpaired) electrons. The second-order valence-electron chi connectivity index (χ2n) is 8.55. The number of fused-ring (bicyclic) bond motifs is 2. The number of aromatic hydroxyl groups is 1. The van der Waals surface area contributed by atoms with Crippen LogP contribution >= 0.6 is 0 Å². The molecule has 8 nitrogen and oxygen atoms in total. The van der Waals surface area contributed by atoms with Crippen LogP contribution in [0.4, 0.5) is 5.69 Å². The van der Waals surface area contributed by atoms with Crippen molar-refractivity contribution >= 4 is 22.6 Å². The van der Waals surface area contributed by atoms with Crippen molar-refractivity contribution in [1.29, 1.82) is 0 Å². The number of piperidine rings is 1. The molecule has 2 aromatic heterocycles. The summed E-state index contributed by atoms with van der Waals surface area (Å²) in [7, 11) is 1.80. The largest absolute Gasteiger partial charge is 0.504 e. The van der Waals surface area contributed by atoms with Crippen LogP contribution in [-0.4, -0.2) is 37.3 Å². The van der Waals surface area contributed by atoms with Gasteiger partial charge in [-0.2, -0.15) is 5.10 Å². The Morgan fingerprint density at radius 2 is 1.84 bits per heavy atom. The van der Waals surface area contributed by atoms with E-state index in [1.54, 1.807) is 11.7 Å². The number of hydrogen-bond acceptors (Lipinski definition) is 5. The summed E-state index contributed by atoms with van der Waals surface area (Å²) in [6.07, 6.45) is 2.58. The Morgan fingerprint density at radius 1 is 1.06 bits per heavy atom. The predicted octanol–water partition coefficient (Wildman–Crippen LogP) is 3.46. The van der Waals surface area contributed by atoms with Gasteiger partial charge in [0.1, 0.15) is 11.4 Å². The Balaban J connectivity index is 1.35. The van der Waals surface area contributed by atoms with Gasteiger partial charge in [-0.25, -0.2) is 4.98 Å². The zero-order chi connectivity index (χ0) is 21.8. The van der Waals surface area contributed by atoms with E-state index >= 15 is 0 Å². The molecule has 0 spiro atoms. The SMILES string of the molecule is Cn1nc(-c2ccc(N3CCCCC3=O)cc2)c(O)c1-c1nc2cc3c(cc2[nH]1)CNC3. The fourth-order valence-electron chi connectivity index (χ4n) is 4.77. The molecule has 6 rings (SSSR count). The van der Waals surface area contributed by atoms with Crippen molar-refractivity contribution in [3.8, 4) is 28.5 Å². The average Bonchev–Trinajstić information content (AvgIpc) is 3.49. The van der Waals surface area contributed by atoms with E-state index in [0.717, 1.165) is 54.8 Å². The number of nitrogens with one attached hydrogen (secondary N) is 2. The minimum absolute atomic E-state index is 0.0857. The van der Waals surface area contributed by atoms with E-state index in [9.17, 15) is 9.90 Å². The predicted molar refractivity (Wildman–Crippen MR) is 122 cm³/mol. The summed E-state index contributed by atoms with van der Waals surface area (Å²) in [4.78, 5) is 22.1. The Bertz CT molecular complexity index is 1310. The van der Waals surface area contributed by atoms with E-state index in [2.05, 4.69) is 27.5 Å². The van der Waals surface area contributed by atoms with Gasteiger partial charge in [0.05, 0.1) is 11.0 Å². The van der Waals surface area contributed by atoms with Gasteiger partial charge in [-0.1, -0.05) is 12.1 Å². The van der Waals surface area contributed by atoms with Crippen LogP contribution in [-0.2, 0) is 24.9 Å². The monoisotopic (exact) mass is 428 g/mol. The lowest BCUT2D eigenvalue weighted by molar-refractivity contribution is -0.119. The Hall–Kier alpha value is -3.65. The highest BCUT2D eigenvalue weighted by Gasteiger charge is 2.23. The van der Waals surface area contributed by atoms with Gasteiger partial charge in [0.15, 0.2) is 11.6 Å². The van der Waals surface area contributed by atoms with E-state index in [4.69, 9.17) is 4.98 Å². The minimum Gasteiger partial charge on any atom is -0.504 e. The van der Waals surface area contributed by atoms with Crippen molar-refractivity contribution in [2.45, 2.75) is 32.4 Å². The van der Waals surface area contributed by atoms with Crippen LogP contribution in [0.5, 0.6) is 5.75 Å². The van der Waals surface area contributed by atoms with E-state index in [-0.39, 0.29) is 11.7 Å². The third kappa shape index (κ3) is 2.98. The quantitative estimate of drug-likeness (QED) is 0.464. The minimum atomic E-state index is 0.0857. The highest BCUT2D eigenvalue weighted by Crippen LogP contribution is 2.38. The van der Waals surface area contributed by atoms with E-state index in [0.29, 0.717) is 23.6 Å². The molecule has 0 saturated carbocycles. The molecule has 0 bridgehead atoms. The van der Waals surface area contributed by atoms with Gasteiger partial charge in [-0.15, -0.1) is 0 Å². The summed E-state index contributed by atoms with van der Waals surface area (Å²) in [5.74, 6) is 0.840. The molecule has 1 fully saturated rings. The van der Waals surface area contributed by atoms with Gasteiger partial charge < -0.3 is 20.3 Å². The number of H-pyrrole nitrogens is 1. The number of hydrogen-bond donors (Lipinski definition) is 3. The molecule has 2 aliphatic heterocycles. The zero-order valence-corrected chi connectivity index (χ0v) is 17.9. The normalized spacial score (nSPS) is 16.2. The van der Waals surface area contributed by atoms with Gasteiger partial charge in [0, 0.05) is 44.4 Å². The molecule has 0 aliphatic carbocycles. The molecule has 4 aromatic rings. The third-order valence-electron chi connectivity index (χ3n) is 6.46. The number of aromatic amines is 1. The van der Waals surface area contributed by atoms with Crippen LogP contribution < -0.4 is 10.2 Å². The van der Waals surface area contributed by atoms with Gasteiger partial charge in [0.25, 0.3) is 0 Å². The molecular weight excluding hydrogens is 404 g/mol. The van der Waals surface area contributed by atoms with Crippen molar-refractivity contribution < 1.29 is 9.90 Å². The maximum Gasteiger partial charge on any atom is 0.226 e. The fraction of sp³-hybridized carbons (Fsp3) is 0.292. The summed E-state index contributed by atoms with van der Waals surface area (Å²) in [6.45, 7) is 2.47.